The summed E-state index contributed by atoms with van der Waals surface area (Å²) in [4.78, 5) is 38.1. The summed E-state index contributed by atoms with van der Waals surface area (Å²) >= 11 is 0. The van der Waals surface area contributed by atoms with Gasteiger partial charge in [-0.25, -0.2) is 4.79 Å². The van der Waals surface area contributed by atoms with Gasteiger partial charge in [0, 0.05) is 12.1 Å². The van der Waals surface area contributed by atoms with Gasteiger partial charge in [0.05, 0.1) is 24.7 Å². The minimum Gasteiger partial charge on any atom is -0.508 e. The van der Waals surface area contributed by atoms with Crippen LogP contribution in [0.25, 0.3) is 0 Å². The van der Waals surface area contributed by atoms with Gasteiger partial charge >= 0.3 is 11.9 Å². The van der Waals surface area contributed by atoms with Gasteiger partial charge in [0.25, 0.3) is 0 Å². The molecule has 4 unspecified atom stereocenters. The maximum Gasteiger partial charge on any atom is 0.335 e. The van der Waals surface area contributed by atoms with E-state index in [1.807, 2.05) is 0 Å². The van der Waals surface area contributed by atoms with Gasteiger partial charge in [-0.05, 0) is 127 Å². The SMILES string of the molecule is CC1(C)CC[C@]2(C(=O)O)CC[C@]3(C)C(=CC[C@@H]4[C@@]5(C)CC[C@H](O[C@@H]6O[C@H](C(=O)O)[C@@H](O)[C@H](O[C@H]7O[C@H](CO)[C@H](O)[C@H](O)[C@H]7O)[C@H]6OC6OC[C@@H](O)[C@H](O)[C@H]6O)C(C)(C)C5CC[C@]43C)[C@@H]2C1.O=C1c2c(O)cc(O)cc2OC(c2ccc(O)c(O)c2)C1O. The number of carbonyl (C=O) groups is 3. The van der Waals surface area contributed by atoms with Gasteiger partial charge < -0.3 is 110 Å². The molecule has 3 saturated heterocycles. The molecule has 7 fully saturated rings. The van der Waals surface area contributed by atoms with Crippen LogP contribution < -0.4 is 4.74 Å². The highest BCUT2D eigenvalue weighted by Gasteiger charge is 2.70. The van der Waals surface area contributed by atoms with Gasteiger partial charge in [0.2, 0.25) is 5.78 Å². The smallest absolute Gasteiger partial charge is 0.335 e. The number of aliphatic hydroxyl groups excluding tert-OH is 9. The van der Waals surface area contributed by atoms with Crippen molar-refractivity contribution in [3.05, 3.63) is 53.1 Å². The summed E-state index contributed by atoms with van der Waals surface area (Å²) in [6.45, 7) is 14.7. The number of carbonyl (C=O) groups excluding carboxylic acids is 1. The number of ketones is 1. The molecular weight excluding hydrogens is 1140 g/mol. The van der Waals surface area contributed by atoms with Gasteiger partial charge in [-0.3, -0.25) is 9.59 Å². The Morgan fingerprint density at radius 2 is 1.34 bits per heavy atom. The minimum atomic E-state index is -2.06. The number of fused-ring (bicyclic) bond motifs is 8. The van der Waals surface area contributed by atoms with E-state index in [1.165, 1.54) is 17.7 Å². The van der Waals surface area contributed by atoms with Crippen molar-refractivity contribution in [2.75, 3.05) is 13.2 Å². The lowest BCUT2D eigenvalue weighted by molar-refractivity contribution is -0.391. The Balaban J connectivity index is 0.000000318. The molecule has 25 nitrogen and oxygen atoms in total. The predicted octanol–water partition coefficient (Wildman–Crippen LogP) is 2.62. The van der Waals surface area contributed by atoms with Crippen molar-refractivity contribution in [2.24, 2.45) is 50.2 Å². The van der Waals surface area contributed by atoms with Crippen LogP contribution in [0.15, 0.2) is 42.0 Å². The molecule has 15 N–H and O–H groups in total. The molecule has 24 atom stereocenters. The van der Waals surface area contributed by atoms with Gasteiger partial charge in [0.1, 0.15) is 83.9 Å². The maximum atomic E-state index is 13.2. The number of carboxylic acids is 2. The van der Waals surface area contributed by atoms with Crippen molar-refractivity contribution >= 4 is 17.7 Å². The molecular formula is C62H86O25. The Bertz CT molecular complexity index is 2950. The van der Waals surface area contributed by atoms with Gasteiger partial charge in [-0.2, -0.15) is 0 Å². The molecule has 484 valence electrons. The second-order valence-electron chi connectivity index (χ2n) is 28.0. The first-order chi connectivity index (χ1) is 40.7. The third kappa shape index (κ3) is 10.9. The van der Waals surface area contributed by atoms with Crippen LogP contribution >= 0.6 is 0 Å². The molecule has 0 radical (unpaired) electrons. The molecule has 87 heavy (non-hydrogen) atoms. The van der Waals surface area contributed by atoms with E-state index in [-0.39, 0.29) is 67.8 Å². The van der Waals surface area contributed by atoms with Crippen LogP contribution in [0, 0.1) is 50.2 Å². The molecule has 4 heterocycles. The van der Waals surface area contributed by atoms with Crippen molar-refractivity contribution in [3.63, 3.8) is 0 Å². The zero-order valence-corrected chi connectivity index (χ0v) is 49.8. The zero-order chi connectivity index (χ0) is 63.6. The summed E-state index contributed by atoms with van der Waals surface area (Å²) in [6.07, 6.45) is -18.1. The molecule has 4 aliphatic heterocycles. The number of carboxylic acid groups (broad SMARTS) is 2. The van der Waals surface area contributed by atoms with E-state index in [2.05, 4.69) is 54.5 Å². The molecule has 11 rings (SSSR count). The van der Waals surface area contributed by atoms with Crippen molar-refractivity contribution in [1.29, 1.82) is 0 Å². The average molecular weight is 1230 g/mol. The Morgan fingerprint density at radius 1 is 0.667 bits per heavy atom. The van der Waals surface area contributed by atoms with Gasteiger partial charge in [-0.15, -0.1) is 0 Å². The first kappa shape index (κ1) is 65.2. The molecule has 5 aliphatic carbocycles. The highest BCUT2D eigenvalue weighted by atomic mass is 16.8. The maximum absolute atomic E-state index is 13.2. The molecule has 25 heteroatoms. The summed E-state index contributed by atoms with van der Waals surface area (Å²) in [5, 5.41) is 154. The number of rotatable bonds is 10. The fourth-order valence-electron chi connectivity index (χ4n) is 17.2. The van der Waals surface area contributed by atoms with Gasteiger partial charge in [0.15, 0.2) is 48.7 Å². The molecule has 0 aromatic heterocycles. The van der Waals surface area contributed by atoms with Crippen LogP contribution in [0.1, 0.15) is 135 Å². The second-order valence-corrected chi connectivity index (χ2v) is 28.0. The van der Waals surface area contributed by atoms with E-state index in [4.69, 9.17) is 33.2 Å². The van der Waals surface area contributed by atoms with Crippen molar-refractivity contribution in [2.45, 2.75) is 217 Å². The van der Waals surface area contributed by atoms with Crippen molar-refractivity contribution in [1.82, 2.24) is 0 Å². The van der Waals surface area contributed by atoms with E-state index >= 15 is 0 Å². The lowest BCUT2D eigenvalue weighted by Gasteiger charge is -2.71. The van der Waals surface area contributed by atoms with E-state index in [1.54, 1.807) is 0 Å². The molecule has 0 spiro atoms. The second kappa shape index (κ2) is 23.5. The van der Waals surface area contributed by atoms with Gasteiger partial charge in [-0.1, -0.05) is 66.2 Å². The normalized spacial score (nSPS) is 44.6. The number of allylic oxidation sites excluding steroid dienone is 2. The number of hydrogen-bond donors (Lipinski definition) is 15. The first-order valence-corrected chi connectivity index (χ1v) is 30.1. The molecule has 2 aromatic rings. The van der Waals surface area contributed by atoms with Crippen molar-refractivity contribution < 1.29 is 124 Å². The Hall–Kier alpha value is -4.81. The van der Waals surface area contributed by atoms with Crippen LogP contribution in [0.4, 0.5) is 0 Å². The molecule has 9 aliphatic rings. The number of aromatic hydroxyl groups is 4. The van der Waals surface area contributed by atoms with Crippen LogP contribution in [-0.4, -0.2) is 206 Å². The lowest BCUT2D eigenvalue weighted by Crippen LogP contribution is -2.68. The molecule has 0 bridgehead atoms. The third-order valence-corrected chi connectivity index (χ3v) is 22.4. The number of phenolic OH excluding ortho intramolecular Hbond substituents is 4. The molecule has 0 amide bonds. The number of aliphatic carboxylic acids is 2. The van der Waals surface area contributed by atoms with Crippen LogP contribution in [0.5, 0.6) is 28.7 Å². The molecule has 2 aromatic carbocycles. The number of hydrogen-bond acceptors (Lipinski definition) is 23. The predicted molar refractivity (Wildman–Crippen MR) is 298 cm³/mol. The Labute approximate surface area is 502 Å². The highest BCUT2D eigenvalue weighted by molar-refractivity contribution is 6.05. The Morgan fingerprint density at radius 3 is 2.01 bits per heavy atom. The number of phenols is 4. The average Bonchev–Trinajstić information content (AvgIpc) is 0.681. The monoisotopic (exact) mass is 1230 g/mol. The first-order valence-electron chi connectivity index (χ1n) is 30.1. The standard InChI is InChI=1S/C47H74O18.C15H12O7/c1-42(2)14-16-47(41(58)59)17-15-45(6)21(22(47)18-42)8-9-26-44(5)12-11-27(43(3,4)25(44)10-13-46(26,45)7)62-40-36(65-38-31(53)28(50)23(49)20-60-38)34(33(55)35(64-40)37(56)57)63-39-32(54)30(52)29(51)24(19-48)61-39;16-7-4-10(19)12-11(5-7)22-15(14(21)13(12)20)6-1-2-8(17)9(18)3-6/h8,22-36,38-40,48-55H,9-20H2,1-7H3,(H,56,57)(H,58,59);1-5,14-19,21H/t22-,23+,24+,25?,26+,27-,28-,29-,30-,31+,32+,33-,34-,35-,36+,38?,39+,40+,44-,45+,46+,47-;/m0./s1. The van der Waals surface area contributed by atoms with E-state index in [0.717, 1.165) is 63.1 Å². The largest absolute Gasteiger partial charge is 0.508 e. The summed E-state index contributed by atoms with van der Waals surface area (Å²) in [7, 11) is 0. The van der Waals surface area contributed by atoms with Crippen LogP contribution in [0.3, 0.4) is 0 Å². The lowest BCUT2D eigenvalue weighted by atomic mass is 9.33. The van der Waals surface area contributed by atoms with Crippen LogP contribution in [0.2, 0.25) is 0 Å². The van der Waals surface area contributed by atoms with E-state index in [0.29, 0.717) is 19.3 Å². The fourth-order valence-corrected chi connectivity index (χ4v) is 17.2. The highest BCUT2D eigenvalue weighted by Crippen LogP contribution is 2.76. The minimum absolute atomic E-state index is 0.0212. The third-order valence-electron chi connectivity index (χ3n) is 22.4. The van der Waals surface area contributed by atoms with Crippen LogP contribution in [-0.2, 0) is 38.0 Å². The summed E-state index contributed by atoms with van der Waals surface area (Å²) in [5.41, 5.74) is -0.434. The summed E-state index contributed by atoms with van der Waals surface area (Å²) in [6, 6.07) is 5.85. The topological polar surface area (TPSA) is 419 Å². The number of benzene rings is 2. The van der Waals surface area contributed by atoms with E-state index in [9.17, 15) is 91.0 Å². The number of ether oxygens (including phenoxy) is 7. The number of aliphatic hydroxyl groups is 9. The number of Topliss-reactive ketones (excluding diaryl/α,β-unsaturated/α-hetero) is 1. The Kier molecular flexibility index (Phi) is 17.6. The summed E-state index contributed by atoms with van der Waals surface area (Å²) < 4.78 is 41.8. The fraction of sp³-hybridized carbons (Fsp3) is 0.726. The van der Waals surface area contributed by atoms with E-state index < -0.39 is 158 Å². The quantitative estimate of drug-likeness (QED) is 0.0923. The van der Waals surface area contributed by atoms with Crippen molar-refractivity contribution in [3.8, 4) is 28.7 Å². The molecule has 4 saturated carbocycles. The summed E-state index contributed by atoms with van der Waals surface area (Å²) in [5.74, 6) is -4.36. The zero-order valence-electron chi connectivity index (χ0n) is 49.8.